The second-order valence-corrected chi connectivity index (χ2v) is 36.8. The lowest BCUT2D eigenvalue weighted by Crippen LogP contribution is -2.41. The molecule has 0 atom stereocenters. The average Bonchev–Trinajstić information content (AvgIpc) is 1.63. The van der Waals surface area contributed by atoms with E-state index < -0.39 is 64.3 Å². The molecule has 53 heteroatoms. The van der Waals surface area contributed by atoms with Gasteiger partial charge in [0.1, 0.15) is 67.5 Å². The van der Waals surface area contributed by atoms with Crippen LogP contribution < -0.4 is 82.9 Å². The zero-order valence-electron chi connectivity index (χ0n) is 81.4. The summed E-state index contributed by atoms with van der Waals surface area (Å²) in [4.78, 5) is 130. The number of fused-ring (bicyclic) bond motifs is 4. The highest BCUT2D eigenvalue weighted by atomic mass is 79.9. The molecular formula is C95H102Br2Cl5F9N20O17. The zero-order valence-corrected chi connectivity index (χ0v) is 88.4. The fourth-order valence-electron chi connectivity index (χ4n) is 13.8. The number of aliphatic hydroxyl groups excluding tert-OH is 1. The van der Waals surface area contributed by atoms with Gasteiger partial charge in [-0.2, -0.15) is 9.97 Å². The number of H-pyrrole nitrogens is 1. The molecule has 0 aliphatic carbocycles. The highest BCUT2D eigenvalue weighted by Crippen LogP contribution is 2.32. The monoisotopic (exact) mass is 2300 g/mol. The van der Waals surface area contributed by atoms with E-state index in [0.717, 1.165) is 74.1 Å². The van der Waals surface area contributed by atoms with Crippen LogP contribution in [0.25, 0.3) is 44.7 Å². The van der Waals surface area contributed by atoms with Crippen molar-refractivity contribution in [1.29, 1.82) is 0 Å². The van der Waals surface area contributed by atoms with Crippen LogP contribution in [0, 0.1) is 0 Å². The number of hydrogen-bond donors (Lipinski definition) is 2. The Bertz CT molecular complexity index is 7320. The summed E-state index contributed by atoms with van der Waals surface area (Å²) < 4.78 is 166. The van der Waals surface area contributed by atoms with Crippen LogP contribution in [0.2, 0.25) is 20.1 Å². The molecule has 148 heavy (non-hydrogen) atoms. The Labute approximate surface area is 878 Å². The number of imidazole rings is 4. The summed E-state index contributed by atoms with van der Waals surface area (Å²) in [5, 5.41) is 10.8. The highest BCUT2D eigenvalue weighted by molar-refractivity contribution is 9.10. The Morgan fingerprint density at radius 1 is 0.345 bits per heavy atom. The second kappa shape index (κ2) is 53.3. The fraction of sp³-hybridized carbons (Fsp3) is 0.347. The number of nitrogens with zero attached hydrogens (tertiary/aromatic N) is 19. The zero-order chi connectivity index (χ0) is 109. The summed E-state index contributed by atoms with van der Waals surface area (Å²) in [5.74, 6) is 0.0536. The maximum Gasteiger partial charge on any atom is 0.573 e. The van der Waals surface area contributed by atoms with Gasteiger partial charge in [0.15, 0.2) is 54.1 Å². The number of hydrogen-bond acceptors (Lipinski definition) is 25. The van der Waals surface area contributed by atoms with E-state index in [1.165, 1.54) is 79.4 Å². The molecule has 0 saturated carbocycles. The lowest BCUT2D eigenvalue weighted by atomic mass is 10.2. The van der Waals surface area contributed by atoms with E-state index in [-0.39, 0.29) is 134 Å². The maximum absolute atomic E-state index is 13.5. The SMILES string of the molecule is CN(C)CCCl.CN(C)CCn1c(=O)c2c(nc(Br)n2Cc2ccc(Cl)cc2)n(C)c1=O.CN(C)CCn1c(=O)c2c(nc(OCCOc3cccc(OC(F)(F)F)c3)n2Cc2ccc(Cl)cc2)n(C)c1=O.CN(C)CCn1c(=O)c2c(nc(OCCOc3cccc(OC(F)(F)F)c3)n2Cc2ccc(Cl)cc2)n(C)c1=O.Cn1c(=O)[nH]c(=O)c2c1nc(Br)n2Cc1ccc(Cl)cc1.OCCOc1cccc(OC(F)(F)F)c1. The molecule has 0 aliphatic heterocycles. The Kier molecular flexibility index (Phi) is 42.2. The molecule has 796 valence electrons. The van der Waals surface area contributed by atoms with Crippen LogP contribution in [-0.4, -0.2) is 247 Å². The molecule has 0 fully saturated rings. The van der Waals surface area contributed by atoms with Gasteiger partial charge in [-0.15, -0.1) is 51.1 Å². The first kappa shape index (κ1) is 117. The van der Waals surface area contributed by atoms with Gasteiger partial charge in [-0.05, 0) is 195 Å². The van der Waals surface area contributed by atoms with Crippen molar-refractivity contribution < 1.29 is 82.5 Å². The molecule has 0 aliphatic rings. The molecule has 0 unspecified atom stereocenters. The molecule has 37 nitrogen and oxygen atoms in total. The van der Waals surface area contributed by atoms with Crippen molar-refractivity contribution in [2.45, 2.75) is 64.9 Å². The molecule has 7 aromatic carbocycles. The third-order valence-corrected chi connectivity index (χ3v) is 23.4. The minimum Gasteiger partial charge on any atom is -0.491 e. The van der Waals surface area contributed by atoms with E-state index in [0.29, 0.717) is 91.2 Å². The van der Waals surface area contributed by atoms with Crippen molar-refractivity contribution in [3.05, 3.63) is 305 Å². The number of nitrogens with one attached hydrogen (secondary N) is 1. The largest absolute Gasteiger partial charge is 0.573 e. The number of aromatic nitrogens is 16. The number of rotatable bonds is 35. The maximum atomic E-state index is 13.5. The van der Waals surface area contributed by atoms with Crippen LogP contribution in [0.5, 0.6) is 46.5 Å². The summed E-state index contributed by atoms with van der Waals surface area (Å²) in [6.45, 7) is 4.07. The van der Waals surface area contributed by atoms with Crippen molar-refractivity contribution in [3.8, 4) is 46.5 Å². The summed E-state index contributed by atoms with van der Waals surface area (Å²) in [6, 6.07) is 44.2. The van der Waals surface area contributed by atoms with Gasteiger partial charge in [0.2, 0.25) is 0 Å². The van der Waals surface area contributed by atoms with E-state index in [1.54, 1.807) is 105 Å². The third kappa shape index (κ3) is 33.3. The van der Waals surface area contributed by atoms with E-state index in [9.17, 15) is 77.9 Å². The minimum atomic E-state index is -4.82. The lowest BCUT2D eigenvalue weighted by Gasteiger charge is -2.13. The highest BCUT2D eigenvalue weighted by Gasteiger charge is 2.34. The van der Waals surface area contributed by atoms with E-state index in [1.807, 2.05) is 100 Å². The summed E-state index contributed by atoms with van der Waals surface area (Å²) in [5.41, 5.74) is 1.98. The fourth-order valence-corrected chi connectivity index (χ4v) is 15.6. The van der Waals surface area contributed by atoms with Crippen molar-refractivity contribution in [1.82, 2.24) is 94.8 Å². The number of benzene rings is 7. The standard InChI is InChI=1S/2C26H27ClF3N5O5.C17H19BrClN5O2.C13H10BrClN4O2.C9H9F3O3.C4H10ClN/c2*1-32(2)11-12-34-23(36)21-22(33(3)25(34)37)31-24(35(21)16-17-7-9-18(27)10-8-17)39-14-13-38-19-5-4-6-20(15-19)40-26(28,29)30;1-21(2)8-9-23-15(25)13-14(22(3)17(23)26)20-16(18)24(13)10-11-4-6-12(19)7-5-11;1-18-10-9(11(20)17-13(18)21)19(12(14)16-10)6-7-2-4-8(15)5-3-7;10-9(11,12)15-8-3-1-2-7(6-8)14-5-4-13;1-6(2)4-3-5/h2*4-10,15H,11-14,16H2,1-3H3;4-7H,8-10H2,1-3H3;2-5H,6H2,1H3,(H,17,20,21);1-3,6,13H,4-5H2;3-4H2,1-2H3. The molecule has 0 amide bonds. The van der Waals surface area contributed by atoms with Crippen LogP contribution in [0.4, 0.5) is 39.5 Å². The first-order chi connectivity index (χ1) is 69.9. The van der Waals surface area contributed by atoms with Crippen LogP contribution in [0.3, 0.4) is 0 Å². The topological polar surface area (TPSA) is 365 Å². The Morgan fingerprint density at radius 3 is 0.892 bits per heavy atom. The van der Waals surface area contributed by atoms with Gasteiger partial charge >= 0.3 is 41.8 Å². The van der Waals surface area contributed by atoms with Crippen LogP contribution in [0.1, 0.15) is 22.3 Å². The molecule has 0 radical (unpaired) electrons. The number of likely N-dealkylation sites (N-methyl/N-ethyl adjacent to an activating group) is 3. The number of aromatic amines is 1. The first-order valence-corrected chi connectivity index (χ1v) is 48.1. The molecule has 2 N–H and O–H groups in total. The van der Waals surface area contributed by atoms with E-state index >= 15 is 0 Å². The number of alkyl halides is 10. The Morgan fingerprint density at radius 2 is 0.608 bits per heavy atom. The minimum absolute atomic E-state index is 0.0233. The van der Waals surface area contributed by atoms with Crippen molar-refractivity contribution in [3.63, 3.8) is 0 Å². The third-order valence-electron chi connectivity index (χ3n) is 21.0. The normalized spacial score (nSPS) is 11.5. The number of aliphatic hydroxyl groups is 1. The van der Waals surface area contributed by atoms with Gasteiger partial charge < -0.3 is 71.7 Å². The molecule has 0 bridgehead atoms. The van der Waals surface area contributed by atoms with Gasteiger partial charge in [-0.25, -0.2) is 29.1 Å². The van der Waals surface area contributed by atoms with Crippen molar-refractivity contribution in [2.75, 3.05) is 128 Å². The lowest BCUT2D eigenvalue weighted by molar-refractivity contribution is -0.275. The molecular weight excluding hydrogens is 2200 g/mol. The first-order valence-electron chi connectivity index (χ1n) is 44.5. The molecule has 8 aromatic heterocycles. The molecule has 15 aromatic rings. The van der Waals surface area contributed by atoms with Gasteiger partial charge in [-0.1, -0.05) is 113 Å². The predicted molar refractivity (Wildman–Crippen MR) is 550 cm³/mol. The molecule has 0 saturated heterocycles. The van der Waals surface area contributed by atoms with Gasteiger partial charge in [-0.3, -0.25) is 65.3 Å². The van der Waals surface area contributed by atoms with Crippen LogP contribution >= 0.6 is 89.9 Å². The van der Waals surface area contributed by atoms with Gasteiger partial charge in [0.05, 0.1) is 32.8 Å². The summed E-state index contributed by atoms with van der Waals surface area (Å²) >= 11 is 36.0. The summed E-state index contributed by atoms with van der Waals surface area (Å²) in [6.07, 6.45) is -14.4. The van der Waals surface area contributed by atoms with E-state index in [4.69, 9.17) is 86.8 Å². The quantitative estimate of drug-likeness (QED) is 0.0161. The van der Waals surface area contributed by atoms with Crippen LogP contribution in [-0.2, 0) is 74.0 Å². The van der Waals surface area contributed by atoms with Crippen molar-refractivity contribution >= 4 is 135 Å². The molecule has 15 rings (SSSR count). The second-order valence-electron chi connectivity index (χ2n) is 33.2. The molecule has 0 spiro atoms. The number of ether oxygens (including phenoxy) is 8. The number of halogens is 16. The number of aryl methyl sites for hydroxylation is 4. The van der Waals surface area contributed by atoms with Gasteiger partial charge in [0, 0.05) is 118 Å². The smallest absolute Gasteiger partial charge is 0.491 e. The van der Waals surface area contributed by atoms with Crippen molar-refractivity contribution in [2.24, 2.45) is 28.2 Å². The molecule has 8 heterocycles. The Hall–Kier alpha value is -12.9. The average molecular weight is 2300 g/mol. The van der Waals surface area contributed by atoms with Crippen LogP contribution in [0.15, 0.2) is 218 Å². The predicted octanol–water partition coefficient (Wildman–Crippen LogP) is 13.6. The Balaban J connectivity index is 0.000000193. The summed E-state index contributed by atoms with van der Waals surface area (Å²) in [7, 11) is 21.4. The van der Waals surface area contributed by atoms with E-state index in [2.05, 4.69) is 71.0 Å². The van der Waals surface area contributed by atoms with Gasteiger partial charge in [0.25, 0.3) is 34.3 Å².